The maximum absolute atomic E-state index is 13.2. The van der Waals surface area contributed by atoms with Gasteiger partial charge >= 0.3 is 12.3 Å². The van der Waals surface area contributed by atoms with Crippen molar-refractivity contribution in [1.82, 2.24) is 0 Å². The fourth-order valence-corrected chi connectivity index (χ4v) is 3.03. The Bertz CT molecular complexity index is 1130. The summed E-state index contributed by atoms with van der Waals surface area (Å²) in [7, 11) is -3.60. The van der Waals surface area contributed by atoms with Crippen molar-refractivity contribution in [3.63, 3.8) is 0 Å². The monoisotopic (exact) mass is 473 g/mol. The smallest absolute Gasteiger partial charge is 0.416 e. The number of amides is 2. The highest BCUT2D eigenvalue weighted by Crippen LogP contribution is 2.34. The number of hydrogen-bond donors (Lipinski definition) is 3. The third kappa shape index (κ3) is 7.76. The summed E-state index contributed by atoms with van der Waals surface area (Å²) in [6, 6.07) is 7.76. The van der Waals surface area contributed by atoms with Crippen molar-refractivity contribution in [2.45, 2.75) is 32.5 Å². The summed E-state index contributed by atoms with van der Waals surface area (Å²) >= 11 is 0. The van der Waals surface area contributed by atoms with Crippen molar-refractivity contribution in [2.75, 3.05) is 21.6 Å². The SMILES string of the molecule is CC(C)(C)OC(=O)Nc1ccc(C(F)(F)F)cc1NC(=O)c1cccc(NS(C)(=O)=O)c1. The van der Waals surface area contributed by atoms with Gasteiger partial charge in [-0.1, -0.05) is 6.07 Å². The molecule has 0 spiro atoms. The number of halogens is 3. The van der Waals surface area contributed by atoms with Gasteiger partial charge in [0.15, 0.2) is 0 Å². The van der Waals surface area contributed by atoms with Crippen LogP contribution in [0.5, 0.6) is 0 Å². The van der Waals surface area contributed by atoms with E-state index in [1.54, 1.807) is 20.8 Å². The lowest BCUT2D eigenvalue weighted by atomic mass is 10.1. The average molecular weight is 473 g/mol. The van der Waals surface area contributed by atoms with Crippen LogP contribution in [0.15, 0.2) is 42.5 Å². The number of carbonyl (C=O) groups excluding carboxylic acids is 2. The fraction of sp³-hybridized carbons (Fsp3) is 0.300. The molecule has 0 aliphatic heterocycles. The molecular weight excluding hydrogens is 451 g/mol. The van der Waals surface area contributed by atoms with Crippen LogP contribution in [0.4, 0.5) is 35.0 Å². The highest BCUT2D eigenvalue weighted by Gasteiger charge is 2.31. The first-order chi connectivity index (χ1) is 14.5. The maximum atomic E-state index is 13.2. The number of anilines is 3. The molecule has 0 heterocycles. The minimum atomic E-state index is -4.69. The van der Waals surface area contributed by atoms with Crippen LogP contribution in [-0.2, 0) is 20.9 Å². The second-order valence-electron chi connectivity index (χ2n) is 7.79. The third-order valence-corrected chi connectivity index (χ3v) is 4.27. The van der Waals surface area contributed by atoms with Gasteiger partial charge < -0.3 is 10.1 Å². The van der Waals surface area contributed by atoms with Crippen LogP contribution in [0.3, 0.4) is 0 Å². The van der Waals surface area contributed by atoms with Gasteiger partial charge in [-0.15, -0.1) is 0 Å². The molecule has 0 unspecified atom stereocenters. The standard InChI is InChI=1S/C20H22F3N3O5S/c1-19(2,3)31-18(28)25-15-9-8-13(20(21,22)23)11-16(15)24-17(27)12-6-5-7-14(10-12)26-32(4,29)30/h5-11,26H,1-4H3,(H,24,27)(H,25,28). The molecule has 2 aromatic rings. The maximum Gasteiger partial charge on any atom is 0.416 e. The molecule has 3 N–H and O–H groups in total. The molecule has 2 amide bonds. The van der Waals surface area contributed by atoms with Gasteiger partial charge in [0.05, 0.1) is 23.2 Å². The van der Waals surface area contributed by atoms with Gasteiger partial charge in [-0.2, -0.15) is 13.2 Å². The Morgan fingerprint density at radius 1 is 0.938 bits per heavy atom. The summed E-state index contributed by atoms with van der Waals surface area (Å²) in [6.45, 7) is 4.83. The molecule has 32 heavy (non-hydrogen) atoms. The Kier molecular flexibility index (Phi) is 7.08. The summed E-state index contributed by atoms with van der Waals surface area (Å²) in [5, 5.41) is 4.62. The Morgan fingerprint density at radius 2 is 1.59 bits per heavy atom. The number of benzene rings is 2. The third-order valence-electron chi connectivity index (χ3n) is 3.66. The lowest BCUT2D eigenvalue weighted by Gasteiger charge is -2.21. The van der Waals surface area contributed by atoms with Gasteiger partial charge in [-0.25, -0.2) is 13.2 Å². The zero-order valence-corrected chi connectivity index (χ0v) is 18.4. The number of rotatable bonds is 5. The van der Waals surface area contributed by atoms with Crippen molar-refractivity contribution in [2.24, 2.45) is 0 Å². The number of sulfonamides is 1. The average Bonchev–Trinajstić information content (AvgIpc) is 2.59. The Hall–Kier alpha value is -3.28. The Morgan fingerprint density at radius 3 is 2.16 bits per heavy atom. The topological polar surface area (TPSA) is 114 Å². The minimum Gasteiger partial charge on any atom is -0.444 e. The second kappa shape index (κ2) is 9.07. The Labute approximate surface area is 183 Å². The second-order valence-corrected chi connectivity index (χ2v) is 9.54. The van der Waals surface area contributed by atoms with E-state index in [1.807, 2.05) is 0 Å². The molecule has 8 nitrogen and oxygen atoms in total. The number of carbonyl (C=O) groups is 2. The van der Waals surface area contributed by atoms with E-state index in [-0.39, 0.29) is 22.6 Å². The molecule has 0 aromatic heterocycles. The minimum absolute atomic E-state index is 0.0284. The largest absolute Gasteiger partial charge is 0.444 e. The fourth-order valence-electron chi connectivity index (χ4n) is 2.48. The van der Waals surface area contributed by atoms with Crippen molar-refractivity contribution in [3.8, 4) is 0 Å². The van der Waals surface area contributed by atoms with Gasteiger partial charge in [0, 0.05) is 11.3 Å². The van der Waals surface area contributed by atoms with E-state index < -0.39 is 39.4 Å². The van der Waals surface area contributed by atoms with Gasteiger partial charge in [-0.3, -0.25) is 14.8 Å². The van der Waals surface area contributed by atoms with E-state index in [1.165, 1.54) is 24.3 Å². The van der Waals surface area contributed by atoms with Gasteiger partial charge in [-0.05, 0) is 57.2 Å². The first-order valence-electron chi connectivity index (χ1n) is 9.14. The van der Waals surface area contributed by atoms with E-state index >= 15 is 0 Å². The predicted molar refractivity (Wildman–Crippen MR) is 114 cm³/mol. The molecule has 0 fully saturated rings. The van der Waals surface area contributed by atoms with E-state index in [9.17, 15) is 31.2 Å². The summed E-state index contributed by atoms with van der Waals surface area (Å²) < 4.78 is 69.6. The summed E-state index contributed by atoms with van der Waals surface area (Å²) in [6.07, 6.45) is -4.69. The van der Waals surface area contributed by atoms with Crippen LogP contribution in [0, 0.1) is 0 Å². The van der Waals surface area contributed by atoms with E-state index in [4.69, 9.17) is 4.74 Å². The van der Waals surface area contributed by atoms with Crippen LogP contribution in [-0.4, -0.2) is 32.3 Å². The highest BCUT2D eigenvalue weighted by molar-refractivity contribution is 7.92. The molecule has 0 aliphatic rings. The van der Waals surface area contributed by atoms with Crippen molar-refractivity contribution >= 4 is 39.1 Å². The lowest BCUT2D eigenvalue weighted by Crippen LogP contribution is -2.27. The van der Waals surface area contributed by atoms with E-state index in [0.717, 1.165) is 18.4 Å². The molecular formula is C20H22F3N3O5S. The van der Waals surface area contributed by atoms with Gasteiger partial charge in [0.2, 0.25) is 10.0 Å². The number of alkyl halides is 3. The molecule has 2 aromatic carbocycles. The van der Waals surface area contributed by atoms with Crippen LogP contribution in [0.1, 0.15) is 36.7 Å². The molecule has 0 saturated carbocycles. The van der Waals surface area contributed by atoms with Crippen molar-refractivity contribution < 1.29 is 35.9 Å². The quantitative estimate of drug-likeness (QED) is 0.584. The summed E-state index contributed by atoms with van der Waals surface area (Å²) in [5.74, 6) is -0.825. The van der Waals surface area contributed by atoms with E-state index in [0.29, 0.717) is 6.07 Å². The molecule has 12 heteroatoms. The number of nitrogens with one attached hydrogen (secondary N) is 3. The van der Waals surface area contributed by atoms with Gasteiger partial charge in [0.25, 0.3) is 5.91 Å². The molecule has 0 bridgehead atoms. The first kappa shape index (κ1) is 25.0. The number of hydrogen-bond acceptors (Lipinski definition) is 5. The van der Waals surface area contributed by atoms with Crippen LogP contribution >= 0.6 is 0 Å². The van der Waals surface area contributed by atoms with Crippen molar-refractivity contribution in [1.29, 1.82) is 0 Å². The van der Waals surface area contributed by atoms with Crippen LogP contribution in [0.2, 0.25) is 0 Å². The van der Waals surface area contributed by atoms with E-state index in [2.05, 4.69) is 15.4 Å². The number of ether oxygens (including phenoxy) is 1. The summed E-state index contributed by atoms with van der Waals surface area (Å²) in [4.78, 5) is 24.7. The highest BCUT2D eigenvalue weighted by atomic mass is 32.2. The zero-order valence-electron chi connectivity index (χ0n) is 17.6. The van der Waals surface area contributed by atoms with Crippen LogP contribution < -0.4 is 15.4 Å². The zero-order chi connectivity index (χ0) is 24.3. The molecule has 0 saturated heterocycles. The normalized spacial score (nSPS) is 12.1. The molecule has 0 atom stereocenters. The molecule has 0 radical (unpaired) electrons. The molecule has 2 rings (SSSR count). The lowest BCUT2D eigenvalue weighted by molar-refractivity contribution is -0.137. The van der Waals surface area contributed by atoms with Gasteiger partial charge in [0.1, 0.15) is 5.60 Å². The summed E-state index contributed by atoms with van der Waals surface area (Å²) in [5.41, 5.74) is -2.28. The predicted octanol–water partition coefficient (Wildman–Crippen LogP) is 4.68. The molecule has 0 aliphatic carbocycles. The molecule has 174 valence electrons. The van der Waals surface area contributed by atoms with Crippen LogP contribution in [0.25, 0.3) is 0 Å². The Balaban J connectivity index is 2.36. The first-order valence-corrected chi connectivity index (χ1v) is 11.0. The van der Waals surface area contributed by atoms with Crippen molar-refractivity contribution in [3.05, 3.63) is 53.6 Å².